The fourth-order valence-corrected chi connectivity index (χ4v) is 3.44. The number of nitrogens with zero attached hydrogens (tertiary/aromatic N) is 4. The number of hydrogen-bond donors (Lipinski definition) is 2. The van der Waals surface area contributed by atoms with Crippen LogP contribution < -0.4 is 5.32 Å². The maximum Gasteiger partial charge on any atom is 0.308 e. The average Bonchev–Trinajstić information content (AvgIpc) is 3.14. The van der Waals surface area contributed by atoms with Crippen molar-refractivity contribution < 1.29 is 19.6 Å². The topological polar surface area (TPSA) is 140 Å². The van der Waals surface area contributed by atoms with Gasteiger partial charge in [0.25, 0.3) is 11.6 Å². The number of carbonyl (C=O) groups excluding carboxylic acids is 1. The number of benzene rings is 1. The number of aliphatic carboxylic acids is 1. The zero-order valence-corrected chi connectivity index (χ0v) is 15.2. The van der Waals surface area contributed by atoms with E-state index in [-0.39, 0.29) is 11.4 Å². The highest BCUT2D eigenvalue weighted by molar-refractivity contribution is 5.92. The van der Waals surface area contributed by atoms with Crippen molar-refractivity contribution in [2.75, 3.05) is 0 Å². The van der Waals surface area contributed by atoms with E-state index >= 15 is 0 Å². The molecule has 148 valence electrons. The molecule has 1 aromatic heterocycles. The van der Waals surface area contributed by atoms with Gasteiger partial charge in [0, 0.05) is 18.2 Å². The molecule has 1 heterocycles. The Kier molecular flexibility index (Phi) is 5.97. The predicted octanol–water partition coefficient (Wildman–Crippen LogP) is 2.33. The molecule has 2 aromatic rings. The van der Waals surface area contributed by atoms with Crippen molar-refractivity contribution in [2.24, 2.45) is 5.92 Å². The van der Waals surface area contributed by atoms with Gasteiger partial charge in [0.2, 0.25) is 0 Å². The largest absolute Gasteiger partial charge is 0.481 e. The minimum Gasteiger partial charge on any atom is -0.481 e. The lowest BCUT2D eigenvalue weighted by Gasteiger charge is -2.26. The number of nitro benzene ring substituents is 1. The number of carboxylic acids is 1. The maximum absolute atomic E-state index is 12.6. The van der Waals surface area contributed by atoms with Crippen LogP contribution in [0.15, 0.2) is 30.5 Å². The number of nitrogens with one attached hydrogen (secondary N) is 1. The number of aromatic nitrogens is 3. The van der Waals surface area contributed by atoms with E-state index in [0.717, 1.165) is 25.7 Å². The fraction of sp³-hybridized carbons (Fsp3) is 0.444. The molecule has 1 aliphatic carbocycles. The molecule has 0 bridgehead atoms. The second kappa shape index (κ2) is 8.59. The second-order valence-corrected chi connectivity index (χ2v) is 6.84. The van der Waals surface area contributed by atoms with Crippen molar-refractivity contribution in [1.29, 1.82) is 0 Å². The molecule has 1 saturated carbocycles. The zero-order chi connectivity index (χ0) is 20.1. The van der Waals surface area contributed by atoms with E-state index in [2.05, 4.69) is 15.6 Å². The molecule has 2 unspecified atom stereocenters. The van der Waals surface area contributed by atoms with Gasteiger partial charge in [0.05, 0.1) is 22.7 Å². The number of carbonyl (C=O) groups is 2. The number of hydrogen-bond acceptors (Lipinski definition) is 6. The summed E-state index contributed by atoms with van der Waals surface area (Å²) in [5.41, 5.74) is 0.325. The van der Waals surface area contributed by atoms with E-state index in [1.54, 1.807) is 6.07 Å². The Balaban J connectivity index is 1.75. The number of carboxylic acid groups (broad SMARTS) is 1. The molecule has 1 aliphatic rings. The van der Waals surface area contributed by atoms with E-state index in [4.69, 9.17) is 0 Å². The van der Waals surface area contributed by atoms with Crippen LogP contribution in [-0.2, 0) is 4.79 Å². The number of non-ortho nitro benzene ring substituents is 1. The summed E-state index contributed by atoms with van der Waals surface area (Å²) in [6.07, 6.45) is 6.19. The first-order chi connectivity index (χ1) is 13.5. The predicted molar refractivity (Wildman–Crippen MR) is 98.1 cm³/mol. The maximum atomic E-state index is 12.6. The smallest absolute Gasteiger partial charge is 0.308 e. The highest BCUT2D eigenvalue weighted by Crippen LogP contribution is 2.23. The van der Waals surface area contributed by atoms with Crippen LogP contribution >= 0.6 is 0 Å². The monoisotopic (exact) mass is 387 g/mol. The number of rotatable bonds is 5. The normalized spacial score (nSPS) is 20.0. The molecular weight excluding hydrogens is 366 g/mol. The zero-order valence-electron chi connectivity index (χ0n) is 15.2. The van der Waals surface area contributed by atoms with Crippen molar-refractivity contribution in [3.8, 4) is 5.69 Å². The molecule has 2 atom stereocenters. The van der Waals surface area contributed by atoms with Crippen molar-refractivity contribution in [3.63, 3.8) is 0 Å². The average molecular weight is 387 g/mol. The van der Waals surface area contributed by atoms with Crippen LogP contribution in [0.2, 0.25) is 0 Å². The third kappa shape index (κ3) is 4.51. The minimum absolute atomic E-state index is 0.0257. The molecule has 2 N–H and O–H groups in total. The first-order valence-corrected chi connectivity index (χ1v) is 9.16. The lowest BCUT2D eigenvalue weighted by Crippen LogP contribution is -2.44. The lowest BCUT2D eigenvalue weighted by molar-refractivity contribution is -0.384. The van der Waals surface area contributed by atoms with Gasteiger partial charge >= 0.3 is 5.97 Å². The first kappa shape index (κ1) is 19.5. The Bertz CT molecular complexity index is 881. The van der Waals surface area contributed by atoms with Crippen LogP contribution in [0.25, 0.3) is 5.69 Å². The molecular formula is C18H21N5O5. The van der Waals surface area contributed by atoms with Crippen molar-refractivity contribution >= 4 is 17.6 Å². The highest BCUT2D eigenvalue weighted by atomic mass is 16.6. The number of amides is 1. The molecule has 1 amide bonds. The highest BCUT2D eigenvalue weighted by Gasteiger charge is 2.30. The molecule has 0 spiro atoms. The standard InChI is InChI=1S/C18H21N5O5/c24-17(19-15-9-4-2-1-3-8-14(15)18(25)26)16-11-22(21-20-16)12-6-5-7-13(10-12)23(27)28/h5-7,10-11,14-15H,1-4,8-9H2,(H,19,24)(H,25,26). The SMILES string of the molecule is O=C(NC1CCCCCCC1C(=O)O)c1cn(-c2cccc([N+](=O)[O-])c2)nn1. The van der Waals surface area contributed by atoms with Gasteiger partial charge in [-0.25, -0.2) is 4.68 Å². The summed E-state index contributed by atoms with van der Waals surface area (Å²) >= 11 is 0. The molecule has 1 aromatic carbocycles. The molecule has 0 saturated heterocycles. The van der Waals surface area contributed by atoms with E-state index < -0.39 is 28.8 Å². The second-order valence-electron chi connectivity index (χ2n) is 6.84. The van der Waals surface area contributed by atoms with Crippen LogP contribution in [0.5, 0.6) is 0 Å². The fourth-order valence-electron chi connectivity index (χ4n) is 3.44. The van der Waals surface area contributed by atoms with Gasteiger partial charge in [0.15, 0.2) is 5.69 Å². The third-order valence-corrected chi connectivity index (χ3v) is 4.93. The third-order valence-electron chi connectivity index (χ3n) is 4.93. The molecule has 28 heavy (non-hydrogen) atoms. The molecule has 10 nitrogen and oxygen atoms in total. The van der Waals surface area contributed by atoms with Crippen LogP contribution in [0.4, 0.5) is 5.69 Å². The molecule has 1 fully saturated rings. The van der Waals surface area contributed by atoms with E-state index in [1.807, 2.05) is 0 Å². The first-order valence-electron chi connectivity index (χ1n) is 9.16. The van der Waals surface area contributed by atoms with Crippen molar-refractivity contribution in [3.05, 3.63) is 46.3 Å². The van der Waals surface area contributed by atoms with Gasteiger partial charge in [0.1, 0.15) is 0 Å². The van der Waals surface area contributed by atoms with Gasteiger partial charge in [-0.1, -0.05) is 37.0 Å². The lowest BCUT2D eigenvalue weighted by atomic mass is 9.86. The van der Waals surface area contributed by atoms with Crippen molar-refractivity contribution in [1.82, 2.24) is 20.3 Å². The van der Waals surface area contributed by atoms with Crippen LogP contribution in [-0.4, -0.2) is 42.9 Å². The Morgan fingerprint density at radius 2 is 1.96 bits per heavy atom. The minimum atomic E-state index is -0.910. The number of nitro groups is 1. The molecule has 0 radical (unpaired) electrons. The van der Waals surface area contributed by atoms with Gasteiger partial charge in [-0.3, -0.25) is 19.7 Å². The summed E-state index contributed by atoms with van der Waals surface area (Å²) in [6.45, 7) is 0. The van der Waals surface area contributed by atoms with Gasteiger partial charge in [-0.15, -0.1) is 5.10 Å². The Morgan fingerprint density at radius 1 is 1.21 bits per heavy atom. The molecule has 3 rings (SSSR count). The summed E-state index contributed by atoms with van der Waals surface area (Å²) in [7, 11) is 0. The van der Waals surface area contributed by atoms with Crippen LogP contribution in [0.1, 0.15) is 49.0 Å². The summed E-state index contributed by atoms with van der Waals surface area (Å²) < 4.78 is 1.27. The van der Waals surface area contributed by atoms with Crippen molar-refractivity contribution in [2.45, 2.75) is 44.6 Å². The summed E-state index contributed by atoms with van der Waals surface area (Å²) in [4.78, 5) is 34.5. The summed E-state index contributed by atoms with van der Waals surface area (Å²) in [5.74, 6) is -2.04. The summed E-state index contributed by atoms with van der Waals surface area (Å²) in [5, 5.41) is 30.9. The quantitative estimate of drug-likeness (QED) is 0.592. The Morgan fingerprint density at radius 3 is 2.68 bits per heavy atom. The molecule has 0 aliphatic heterocycles. The van der Waals surface area contributed by atoms with Crippen LogP contribution in [0.3, 0.4) is 0 Å². The Labute approximate surface area is 160 Å². The summed E-state index contributed by atoms with van der Waals surface area (Å²) in [6, 6.07) is 5.34. The van der Waals surface area contributed by atoms with E-state index in [9.17, 15) is 24.8 Å². The van der Waals surface area contributed by atoms with Crippen LogP contribution in [0, 0.1) is 16.0 Å². The Hall–Kier alpha value is -3.30. The van der Waals surface area contributed by atoms with Gasteiger partial charge < -0.3 is 10.4 Å². The van der Waals surface area contributed by atoms with E-state index in [0.29, 0.717) is 18.5 Å². The van der Waals surface area contributed by atoms with Gasteiger partial charge in [-0.05, 0) is 18.9 Å². The van der Waals surface area contributed by atoms with E-state index in [1.165, 1.54) is 29.1 Å². The molecule has 10 heteroatoms. The van der Waals surface area contributed by atoms with Gasteiger partial charge in [-0.2, -0.15) is 0 Å².